The van der Waals surface area contributed by atoms with Crippen LogP contribution in [0.3, 0.4) is 0 Å². The van der Waals surface area contributed by atoms with Crippen molar-refractivity contribution in [1.29, 1.82) is 10.5 Å². The summed E-state index contributed by atoms with van der Waals surface area (Å²) in [4.78, 5) is 0. The predicted molar refractivity (Wildman–Crippen MR) is 9.94 cm³/mol. The summed E-state index contributed by atoms with van der Waals surface area (Å²) < 4.78 is 0. The molecule has 3 heteroatoms. The number of rotatable bonds is 0. The summed E-state index contributed by atoms with van der Waals surface area (Å²) in [6.45, 7) is 9.50. The number of hydrogen-bond acceptors (Lipinski definition) is 2. The minimum absolute atomic E-state index is 0. The summed E-state index contributed by atoms with van der Waals surface area (Å²) >= 11 is 0. The van der Waals surface area contributed by atoms with Gasteiger partial charge in [0, 0.05) is 0 Å². The molecule has 5 heavy (non-hydrogen) atoms. The molecule has 0 bridgehead atoms. The van der Waals surface area contributed by atoms with Gasteiger partial charge < -0.3 is 23.7 Å². The molecule has 0 fully saturated rings. The van der Waals surface area contributed by atoms with Gasteiger partial charge in [-0.3, -0.25) is 0 Å². The van der Waals surface area contributed by atoms with Crippen molar-refractivity contribution in [3.8, 4) is 0 Å². The van der Waals surface area contributed by atoms with E-state index in [1.165, 1.54) is 0 Å². The van der Waals surface area contributed by atoms with Crippen LogP contribution in [-0.2, 0) is 21.7 Å². The minimum Gasteiger partial charge on any atom is -0.512 e. The summed E-state index contributed by atoms with van der Waals surface area (Å²) in [6.07, 6.45) is 0. The fourth-order valence-electron chi connectivity index (χ4n) is 0. The Morgan fingerprint density at radius 3 is 0.800 bits per heavy atom. The smallest absolute Gasteiger partial charge is 0.512 e. The van der Waals surface area contributed by atoms with Gasteiger partial charge in [-0.1, -0.05) is 0 Å². The molecular weight excluding hydrogens is 99.9 g/mol. The molecule has 0 heterocycles. The van der Waals surface area contributed by atoms with Crippen LogP contribution in [-0.4, -0.2) is 0 Å². The molecule has 0 aromatic heterocycles. The van der Waals surface area contributed by atoms with Crippen molar-refractivity contribution in [2.45, 2.75) is 0 Å². The molecule has 0 N–H and O–H groups in total. The van der Waals surface area contributed by atoms with Crippen LogP contribution in [0, 0.1) is 23.7 Å². The molecule has 0 aliphatic carbocycles. The van der Waals surface area contributed by atoms with Gasteiger partial charge in [-0.25, -0.2) is 0 Å². The Bertz CT molecular complexity index is 23.1. The van der Waals surface area contributed by atoms with Crippen LogP contribution >= 0.6 is 0 Å². The van der Waals surface area contributed by atoms with Gasteiger partial charge in [0.15, 0.2) is 0 Å². The zero-order valence-corrected chi connectivity index (χ0v) is 3.96. The second kappa shape index (κ2) is 287. The number of nitrogens with zero attached hydrogens (tertiary/aromatic N) is 2. The second-order valence-electron chi connectivity index (χ2n) is 0. The van der Waals surface area contributed by atoms with E-state index in [0.29, 0.717) is 0 Å². The van der Waals surface area contributed by atoms with Crippen LogP contribution in [0.2, 0.25) is 0 Å². The van der Waals surface area contributed by atoms with Crippen LogP contribution < -0.4 is 0 Å². The van der Waals surface area contributed by atoms with Crippen molar-refractivity contribution >= 4 is 0 Å². The maximum atomic E-state index is 6.25. The quantitative estimate of drug-likeness (QED) is 0.322. The molecule has 0 saturated carbocycles. The Labute approximate surface area is 45.9 Å². The largest absolute Gasteiger partial charge is 2.00 e. The molecule has 0 unspecified atom stereocenters. The molecule has 0 atom stereocenters. The first-order chi connectivity index (χ1) is 2.00. The average Bonchev–Trinajstić information content (AvgIpc) is 1.50. The topological polar surface area (TPSA) is 47.6 Å². The Hall–Kier alpha value is -0.306. The van der Waals surface area contributed by atoms with Crippen molar-refractivity contribution in [3.05, 3.63) is 13.1 Å². The zero-order chi connectivity index (χ0) is 4.00. The van der Waals surface area contributed by atoms with E-state index >= 15 is 0 Å². The maximum Gasteiger partial charge on any atom is 2.00 e. The third-order valence-corrected chi connectivity index (χ3v) is 0. The van der Waals surface area contributed by atoms with Gasteiger partial charge in [0.1, 0.15) is 0 Å². The second-order valence-corrected chi connectivity index (χ2v) is 0. The van der Waals surface area contributed by atoms with Crippen LogP contribution in [0.15, 0.2) is 0 Å². The molecule has 2 nitrogen and oxygen atoms in total. The van der Waals surface area contributed by atoms with E-state index in [4.69, 9.17) is 23.7 Å². The van der Waals surface area contributed by atoms with E-state index in [1.807, 2.05) is 0 Å². The van der Waals surface area contributed by atoms with Crippen molar-refractivity contribution in [2.75, 3.05) is 0 Å². The summed E-state index contributed by atoms with van der Waals surface area (Å²) in [5.41, 5.74) is 0. The van der Waals surface area contributed by atoms with Crippen molar-refractivity contribution < 1.29 is 21.7 Å². The zero-order valence-electron chi connectivity index (χ0n) is 2.39. The first kappa shape index (κ1) is 22.3. The molecule has 0 spiro atoms. The fourth-order valence-corrected chi connectivity index (χ4v) is 0. The molecule has 22 valence electrons. The summed E-state index contributed by atoms with van der Waals surface area (Å²) in [6, 6.07) is 0. The summed E-state index contributed by atoms with van der Waals surface area (Å²) in [5, 5.41) is 12.5. The van der Waals surface area contributed by atoms with Crippen molar-refractivity contribution in [1.82, 2.24) is 0 Å². The molecule has 0 aromatic carbocycles. The molecule has 0 aliphatic heterocycles. The third-order valence-electron chi connectivity index (χ3n) is 0. The molecule has 0 aromatic rings. The van der Waals surface area contributed by atoms with E-state index in [0.717, 1.165) is 0 Å². The van der Waals surface area contributed by atoms with Crippen LogP contribution in [0.1, 0.15) is 0 Å². The molecule has 0 aliphatic rings. The first-order valence-corrected chi connectivity index (χ1v) is 0.447. The van der Waals surface area contributed by atoms with Crippen molar-refractivity contribution in [2.24, 2.45) is 0 Å². The predicted octanol–water partition coefficient (Wildman–Crippen LogP) is 0.190. The van der Waals surface area contributed by atoms with Gasteiger partial charge in [-0.15, -0.1) is 0 Å². The van der Waals surface area contributed by atoms with E-state index in [-0.39, 0.29) is 21.7 Å². The standard InChI is InChI=1S/2CN.Ti/c2*1-2;/q2*-1;+2. The normalized spacial score (nSPS) is 0.800. The third kappa shape index (κ3) is 113. The van der Waals surface area contributed by atoms with E-state index in [9.17, 15) is 0 Å². The Balaban J connectivity index is -0.0000000133. The van der Waals surface area contributed by atoms with Crippen LogP contribution in [0.25, 0.3) is 0 Å². The Kier molecular flexibility index (Phi) is 1280. The maximum absolute atomic E-state index is 6.25. The molecule has 0 radical (unpaired) electrons. The van der Waals surface area contributed by atoms with E-state index in [1.54, 1.807) is 0 Å². The average molecular weight is 99.9 g/mol. The molecule has 0 rings (SSSR count). The monoisotopic (exact) mass is 100.0 g/mol. The molecule has 0 saturated heterocycles. The first-order valence-electron chi connectivity index (χ1n) is 0.447. The summed E-state index contributed by atoms with van der Waals surface area (Å²) in [7, 11) is 0. The molecular formula is C2N2Ti. The van der Waals surface area contributed by atoms with Gasteiger partial charge in [0.2, 0.25) is 0 Å². The number of hydrogen-bond donors (Lipinski definition) is 0. The SMILES string of the molecule is [C-]#N.[C-]#N.[Ti+2]. The van der Waals surface area contributed by atoms with Gasteiger partial charge in [0.05, 0.1) is 0 Å². The van der Waals surface area contributed by atoms with Gasteiger partial charge in [-0.05, 0) is 0 Å². The van der Waals surface area contributed by atoms with Crippen LogP contribution in [0.5, 0.6) is 0 Å². The fraction of sp³-hybridized carbons (Fsp3) is 0. The van der Waals surface area contributed by atoms with Crippen LogP contribution in [0.4, 0.5) is 0 Å². The van der Waals surface area contributed by atoms with E-state index in [2.05, 4.69) is 0 Å². The van der Waals surface area contributed by atoms with Crippen molar-refractivity contribution in [3.63, 3.8) is 0 Å². The Morgan fingerprint density at radius 1 is 0.800 bits per heavy atom. The summed E-state index contributed by atoms with van der Waals surface area (Å²) in [5.74, 6) is 0. The van der Waals surface area contributed by atoms with E-state index < -0.39 is 0 Å². The van der Waals surface area contributed by atoms with Gasteiger partial charge >= 0.3 is 21.7 Å². The van der Waals surface area contributed by atoms with Gasteiger partial charge in [0.25, 0.3) is 0 Å². The van der Waals surface area contributed by atoms with Gasteiger partial charge in [-0.2, -0.15) is 0 Å². The minimum atomic E-state index is 0. The molecule has 0 amide bonds. The Morgan fingerprint density at radius 2 is 0.800 bits per heavy atom.